The predicted molar refractivity (Wildman–Crippen MR) is 196 cm³/mol. The van der Waals surface area contributed by atoms with Crippen molar-refractivity contribution < 1.29 is 4.79 Å². The molecule has 47 heavy (non-hydrogen) atoms. The van der Waals surface area contributed by atoms with Crippen molar-refractivity contribution in [1.82, 2.24) is 14.5 Å². The highest BCUT2D eigenvalue weighted by molar-refractivity contribution is 7.98. The molecule has 0 saturated carbocycles. The van der Waals surface area contributed by atoms with Crippen LogP contribution >= 0.6 is 57.6 Å². The average Bonchev–Trinajstić information content (AvgIpc) is 3.74. The highest BCUT2D eigenvalue weighted by atomic mass is 35.5. The first-order chi connectivity index (χ1) is 22.9. The van der Waals surface area contributed by atoms with Crippen LogP contribution in [0.1, 0.15) is 26.4 Å². The molecule has 0 aliphatic carbocycles. The summed E-state index contributed by atoms with van der Waals surface area (Å²) < 4.78 is 1.69. The van der Waals surface area contributed by atoms with Gasteiger partial charge in [0, 0.05) is 39.8 Å². The summed E-state index contributed by atoms with van der Waals surface area (Å²) in [6.45, 7) is 0. The number of nitrogens with one attached hydrogen (secondary N) is 1. The molecule has 3 aromatic heterocycles. The van der Waals surface area contributed by atoms with Crippen LogP contribution in [0, 0.1) is 0 Å². The standard InChI is InChI=1S/C36H24Cl2N4O2S3/c37-29-13-7-10-25(31(29)38)18-27-19-39-35(47-27)40-32(43)24-16-14-22(15-17-24)20-46-36-41-33-30(28(21-45-33)23-8-3-1-4-9-23)34(44)42(36)26-11-5-2-6-12-26/h1-17,19,21H,18,20H2,(H,39,40,43). The third kappa shape index (κ3) is 6.76. The number of thiophene rings is 1. The van der Waals surface area contributed by atoms with E-state index in [1.807, 2.05) is 90.3 Å². The summed E-state index contributed by atoms with van der Waals surface area (Å²) in [6.07, 6.45) is 2.30. The maximum absolute atomic E-state index is 14.1. The molecule has 4 aromatic carbocycles. The molecule has 232 valence electrons. The second-order valence-electron chi connectivity index (χ2n) is 10.5. The summed E-state index contributed by atoms with van der Waals surface area (Å²) in [7, 11) is 0. The summed E-state index contributed by atoms with van der Waals surface area (Å²) in [5.74, 6) is 0.314. The van der Waals surface area contributed by atoms with Crippen LogP contribution in [0.5, 0.6) is 0 Å². The summed E-state index contributed by atoms with van der Waals surface area (Å²) in [5.41, 5.74) is 4.94. The number of para-hydroxylation sites is 1. The number of hydrogen-bond donors (Lipinski definition) is 1. The number of fused-ring (bicyclic) bond motifs is 1. The number of thiazole rings is 1. The van der Waals surface area contributed by atoms with Gasteiger partial charge in [-0.3, -0.25) is 19.5 Å². The van der Waals surface area contributed by atoms with E-state index in [1.54, 1.807) is 29.0 Å². The van der Waals surface area contributed by atoms with Gasteiger partial charge in [-0.05, 0) is 47.0 Å². The van der Waals surface area contributed by atoms with E-state index in [4.69, 9.17) is 28.2 Å². The van der Waals surface area contributed by atoms with Crippen molar-refractivity contribution in [3.8, 4) is 16.8 Å². The number of aromatic nitrogens is 3. The molecule has 6 nitrogen and oxygen atoms in total. The fraction of sp³-hybridized carbons (Fsp3) is 0.0556. The van der Waals surface area contributed by atoms with E-state index in [9.17, 15) is 9.59 Å². The van der Waals surface area contributed by atoms with Crippen LogP contribution < -0.4 is 10.9 Å². The second-order valence-corrected chi connectivity index (χ2v) is 14.2. The molecule has 0 bridgehead atoms. The summed E-state index contributed by atoms with van der Waals surface area (Å²) in [4.78, 5) is 38.1. The maximum Gasteiger partial charge on any atom is 0.268 e. The third-order valence-corrected chi connectivity index (χ3v) is 11.1. The Labute approximate surface area is 292 Å². The van der Waals surface area contributed by atoms with Gasteiger partial charge >= 0.3 is 0 Å². The molecule has 0 aliphatic heterocycles. The first kappa shape index (κ1) is 31.4. The number of rotatable bonds is 9. The van der Waals surface area contributed by atoms with Crippen LogP contribution in [-0.4, -0.2) is 20.4 Å². The van der Waals surface area contributed by atoms with E-state index >= 15 is 0 Å². The second kappa shape index (κ2) is 13.9. The van der Waals surface area contributed by atoms with E-state index in [-0.39, 0.29) is 11.5 Å². The molecule has 0 fully saturated rings. The Morgan fingerprint density at radius 2 is 1.64 bits per heavy atom. The van der Waals surface area contributed by atoms with E-state index in [2.05, 4.69) is 10.3 Å². The Hall–Kier alpha value is -4.25. The van der Waals surface area contributed by atoms with Gasteiger partial charge in [-0.25, -0.2) is 9.97 Å². The highest BCUT2D eigenvalue weighted by Gasteiger charge is 2.19. The number of hydrogen-bond acceptors (Lipinski definition) is 7. The maximum atomic E-state index is 14.1. The van der Waals surface area contributed by atoms with Gasteiger partial charge in [-0.1, -0.05) is 108 Å². The van der Waals surface area contributed by atoms with E-state index in [0.717, 1.165) is 32.8 Å². The lowest BCUT2D eigenvalue weighted by Crippen LogP contribution is -2.21. The molecule has 7 aromatic rings. The van der Waals surface area contributed by atoms with Gasteiger partial charge in [-0.15, -0.1) is 22.7 Å². The lowest BCUT2D eigenvalue weighted by Gasteiger charge is -2.13. The Morgan fingerprint density at radius 1 is 0.894 bits per heavy atom. The zero-order chi connectivity index (χ0) is 32.3. The Kier molecular flexibility index (Phi) is 9.24. The topological polar surface area (TPSA) is 76.9 Å². The van der Waals surface area contributed by atoms with Gasteiger partial charge in [-0.2, -0.15) is 0 Å². The van der Waals surface area contributed by atoms with Crippen molar-refractivity contribution in [3.05, 3.63) is 157 Å². The Morgan fingerprint density at radius 3 is 2.40 bits per heavy atom. The number of carbonyl (C=O) groups is 1. The average molecular weight is 712 g/mol. The number of amides is 1. The minimum absolute atomic E-state index is 0.100. The van der Waals surface area contributed by atoms with Crippen molar-refractivity contribution in [2.24, 2.45) is 0 Å². The minimum Gasteiger partial charge on any atom is -0.298 e. The normalized spacial score (nSPS) is 11.2. The molecule has 0 radical (unpaired) electrons. The van der Waals surface area contributed by atoms with Gasteiger partial charge in [0.25, 0.3) is 11.5 Å². The number of thioether (sulfide) groups is 1. The largest absolute Gasteiger partial charge is 0.298 e. The number of nitrogens with zero attached hydrogens (tertiary/aromatic N) is 3. The molecule has 0 spiro atoms. The first-order valence-electron chi connectivity index (χ1n) is 14.5. The third-order valence-electron chi connectivity index (χ3n) is 7.43. The smallest absolute Gasteiger partial charge is 0.268 e. The number of anilines is 1. The SMILES string of the molecule is O=C(Nc1ncc(Cc2cccc(Cl)c2Cl)s1)c1ccc(CSc2nc3scc(-c4ccccc4)c3c(=O)n2-c2ccccc2)cc1. The molecule has 11 heteroatoms. The van der Waals surface area contributed by atoms with Gasteiger partial charge in [0.1, 0.15) is 4.83 Å². The van der Waals surface area contributed by atoms with Crippen molar-refractivity contribution in [3.63, 3.8) is 0 Å². The quantitative estimate of drug-likeness (QED) is 0.119. The zero-order valence-electron chi connectivity index (χ0n) is 24.5. The van der Waals surface area contributed by atoms with Crippen molar-refractivity contribution in [1.29, 1.82) is 0 Å². The van der Waals surface area contributed by atoms with Crippen molar-refractivity contribution in [2.45, 2.75) is 17.3 Å². The lowest BCUT2D eigenvalue weighted by molar-refractivity contribution is 0.102. The minimum atomic E-state index is -0.247. The van der Waals surface area contributed by atoms with Crippen LogP contribution in [0.3, 0.4) is 0 Å². The molecule has 7 rings (SSSR count). The first-order valence-corrected chi connectivity index (χ1v) is 17.9. The van der Waals surface area contributed by atoms with E-state index in [1.165, 1.54) is 34.4 Å². The van der Waals surface area contributed by atoms with Crippen molar-refractivity contribution >= 4 is 78.9 Å². The van der Waals surface area contributed by atoms with Crippen LogP contribution in [-0.2, 0) is 12.2 Å². The number of benzene rings is 4. The predicted octanol–water partition coefficient (Wildman–Crippen LogP) is 10.0. The summed E-state index contributed by atoms with van der Waals surface area (Å²) in [5, 5.41) is 7.65. The molecule has 0 atom stereocenters. The molecular formula is C36H24Cl2N4O2S3. The Balaban J connectivity index is 1.08. The monoisotopic (exact) mass is 710 g/mol. The van der Waals surface area contributed by atoms with Gasteiger partial charge < -0.3 is 0 Å². The highest BCUT2D eigenvalue weighted by Crippen LogP contribution is 2.34. The fourth-order valence-electron chi connectivity index (χ4n) is 5.09. The van der Waals surface area contributed by atoms with Crippen LogP contribution in [0.15, 0.2) is 125 Å². The number of halogens is 2. The van der Waals surface area contributed by atoms with E-state index in [0.29, 0.717) is 48.3 Å². The van der Waals surface area contributed by atoms with Crippen molar-refractivity contribution in [2.75, 3.05) is 5.32 Å². The van der Waals surface area contributed by atoms with Crippen LogP contribution in [0.25, 0.3) is 27.0 Å². The molecule has 1 N–H and O–H groups in total. The summed E-state index contributed by atoms with van der Waals surface area (Å²) in [6, 6.07) is 32.4. The lowest BCUT2D eigenvalue weighted by atomic mass is 10.1. The molecule has 0 aliphatic rings. The van der Waals surface area contributed by atoms with Gasteiger partial charge in [0.05, 0.1) is 21.1 Å². The Bertz CT molecular complexity index is 2270. The zero-order valence-corrected chi connectivity index (χ0v) is 28.5. The molecule has 0 unspecified atom stereocenters. The molecule has 3 heterocycles. The summed E-state index contributed by atoms with van der Waals surface area (Å²) >= 11 is 16.8. The van der Waals surface area contributed by atoms with Gasteiger partial charge in [0.2, 0.25) is 0 Å². The van der Waals surface area contributed by atoms with Gasteiger partial charge in [0.15, 0.2) is 10.3 Å². The van der Waals surface area contributed by atoms with Crippen LogP contribution in [0.4, 0.5) is 5.13 Å². The fourth-order valence-corrected chi connectivity index (χ4v) is 8.27. The van der Waals surface area contributed by atoms with E-state index < -0.39 is 0 Å². The van der Waals surface area contributed by atoms with Crippen LogP contribution in [0.2, 0.25) is 10.0 Å². The number of carbonyl (C=O) groups excluding carboxylic acids is 1. The molecular weight excluding hydrogens is 688 g/mol. The molecule has 1 amide bonds. The molecule has 0 saturated heterocycles.